The zero-order valence-electron chi connectivity index (χ0n) is 40.4. The molecular formula is C55H58F2N12O2. The maximum absolute atomic E-state index is 13.9. The molecule has 0 amide bonds. The first-order valence-corrected chi connectivity index (χ1v) is 23.3. The number of nitrogens with one attached hydrogen (secondary N) is 2. The van der Waals surface area contributed by atoms with Gasteiger partial charge in [0.05, 0.1) is 57.2 Å². The number of aryl methyl sites for hydroxylation is 8. The van der Waals surface area contributed by atoms with Crippen LogP contribution in [0.3, 0.4) is 0 Å². The molecule has 0 atom stereocenters. The van der Waals surface area contributed by atoms with Crippen LogP contribution in [0.1, 0.15) is 81.1 Å². The summed E-state index contributed by atoms with van der Waals surface area (Å²) in [7, 11) is 3.37. The predicted octanol–water partition coefficient (Wildman–Crippen LogP) is 10.6. The first-order chi connectivity index (χ1) is 33.6. The molecule has 0 spiro atoms. The maximum atomic E-state index is 13.9. The Bertz CT molecular complexity index is 3390. The monoisotopic (exact) mass is 956 g/mol. The van der Waals surface area contributed by atoms with Crippen LogP contribution >= 0.6 is 0 Å². The lowest BCUT2D eigenvalue weighted by atomic mass is 10.1. The second-order valence-corrected chi connectivity index (χ2v) is 18.4. The van der Waals surface area contributed by atoms with Gasteiger partial charge in [-0.1, -0.05) is 31.7 Å². The minimum Gasteiger partial charge on any atom is -0.340 e. The maximum Gasteiger partial charge on any atom is 0.260 e. The second kappa shape index (κ2) is 20.4. The third-order valence-corrected chi connectivity index (χ3v) is 12.2. The number of halogens is 2. The Kier molecular flexibility index (Phi) is 14.2. The van der Waals surface area contributed by atoms with E-state index in [-0.39, 0.29) is 42.3 Å². The van der Waals surface area contributed by atoms with E-state index in [0.29, 0.717) is 47.5 Å². The molecule has 0 aliphatic heterocycles. The Hall–Kier alpha value is -8.14. The van der Waals surface area contributed by atoms with Crippen molar-refractivity contribution in [2.45, 2.75) is 86.7 Å². The van der Waals surface area contributed by atoms with Crippen LogP contribution in [-0.2, 0) is 39.8 Å². The van der Waals surface area contributed by atoms with E-state index in [1.807, 2.05) is 96.3 Å². The molecule has 4 aromatic carbocycles. The first-order valence-electron chi connectivity index (χ1n) is 23.3. The number of rotatable bonds is 12. The molecule has 0 saturated heterocycles. The number of benzene rings is 4. The molecule has 0 fully saturated rings. The van der Waals surface area contributed by atoms with Gasteiger partial charge in [-0.2, -0.15) is 10.2 Å². The predicted molar refractivity (Wildman–Crippen MR) is 276 cm³/mol. The van der Waals surface area contributed by atoms with Crippen LogP contribution in [0.4, 0.5) is 8.78 Å². The van der Waals surface area contributed by atoms with E-state index in [1.165, 1.54) is 33.9 Å². The van der Waals surface area contributed by atoms with Crippen LogP contribution in [0.15, 0.2) is 120 Å². The summed E-state index contributed by atoms with van der Waals surface area (Å²) in [5.74, 6) is 1.09. The summed E-state index contributed by atoms with van der Waals surface area (Å²) in [5.41, 5.74) is 10.9. The lowest BCUT2D eigenvalue weighted by molar-refractivity contribution is 0.534. The van der Waals surface area contributed by atoms with Gasteiger partial charge in [-0.3, -0.25) is 19.0 Å². The quantitative estimate of drug-likeness (QED) is 0.122. The van der Waals surface area contributed by atoms with E-state index in [2.05, 4.69) is 47.6 Å². The molecular weight excluding hydrogens is 899 g/mol. The van der Waals surface area contributed by atoms with E-state index in [9.17, 15) is 18.4 Å². The third-order valence-electron chi connectivity index (χ3n) is 12.2. The molecule has 14 nitrogen and oxygen atoms in total. The summed E-state index contributed by atoms with van der Waals surface area (Å²) in [6, 6.07) is 25.7. The van der Waals surface area contributed by atoms with Crippen LogP contribution < -0.4 is 11.1 Å². The molecule has 0 saturated carbocycles. The van der Waals surface area contributed by atoms with Crippen molar-refractivity contribution in [3.8, 4) is 45.3 Å². The van der Waals surface area contributed by atoms with Crippen LogP contribution in [0, 0.1) is 25.5 Å². The van der Waals surface area contributed by atoms with Crippen LogP contribution in [-0.4, -0.2) is 58.6 Å². The minimum atomic E-state index is -0.230. The standard InChI is InChI=1S/2C27H27FN6O.CH4/c2*1-16(2)34-10-9-23(32-34)26-25(19-6-7-22-21(14-19)27(35)33(4)15-29-22)30-24(31-26)8-5-18-11-17(3)12-20(28)13-18;/h2*6-7,9-16H,5,8H2,1-4H3,(H,30,31);1H4. The molecule has 71 heavy (non-hydrogen) atoms. The van der Waals surface area contributed by atoms with Gasteiger partial charge in [0, 0.05) is 62.5 Å². The van der Waals surface area contributed by atoms with Gasteiger partial charge in [0.25, 0.3) is 11.1 Å². The molecule has 0 aliphatic rings. The first kappa shape index (κ1) is 49.3. The second-order valence-electron chi connectivity index (χ2n) is 18.4. The molecule has 10 rings (SSSR count). The molecule has 0 aliphatic carbocycles. The molecule has 10 aromatic rings. The number of hydrogen-bond acceptors (Lipinski definition) is 8. The van der Waals surface area contributed by atoms with Crippen molar-refractivity contribution in [1.82, 2.24) is 58.6 Å². The number of hydrogen-bond donors (Lipinski definition) is 2. The van der Waals surface area contributed by atoms with Crippen molar-refractivity contribution in [2.75, 3.05) is 0 Å². The highest BCUT2D eigenvalue weighted by atomic mass is 19.1. The van der Waals surface area contributed by atoms with E-state index in [4.69, 9.17) is 20.2 Å². The smallest absolute Gasteiger partial charge is 0.260 e. The highest BCUT2D eigenvalue weighted by Gasteiger charge is 2.20. The molecule has 364 valence electrons. The largest absolute Gasteiger partial charge is 0.340 e. The van der Waals surface area contributed by atoms with E-state index >= 15 is 0 Å². The summed E-state index contributed by atoms with van der Waals surface area (Å²) >= 11 is 0. The Labute approximate surface area is 410 Å². The van der Waals surface area contributed by atoms with Crippen molar-refractivity contribution in [3.63, 3.8) is 0 Å². The summed E-state index contributed by atoms with van der Waals surface area (Å²) in [4.78, 5) is 50.8. The molecule has 0 bridgehead atoms. The third kappa shape index (κ3) is 10.7. The highest BCUT2D eigenvalue weighted by Crippen LogP contribution is 2.33. The fraction of sp³-hybridized carbons (Fsp3) is 0.273. The van der Waals surface area contributed by atoms with Gasteiger partial charge in [0.1, 0.15) is 34.7 Å². The van der Waals surface area contributed by atoms with Crippen molar-refractivity contribution in [1.29, 1.82) is 0 Å². The Morgan fingerprint density at radius 2 is 0.958 bits per heavy atom. The Morgan fingerprint density at radius 1 is 0.549 bits per heavy atom. The number of imidazole rings is 2. The van der Waals surface area contributed by atoms with Gasteiger partial charge in [-0.05, 0) is 137 Å². The molecule has 16 heteroatoms. The van der Waals surface area contributed by atoms with Gasteiger partial charge in [-0.25, -0.2) is 28.7 Å². The topological polar surface area (TPSA) is 163 Å². The number of fused-ring (bicyclic) bond motifs is 2. The van der Waals surface area contributed by atoms with E-state index in [1.54, 1.807) is 26.2 Å². The fourth-order valence-electron chi connectivity index (χ4n) is 8.54. The zero-order valence-corrected chi connectivity index (χ0v) is 40.4. The molecule has 0 radical (unpaired) electrons. The van der Waals surface area contributed by atoms with Crippen molar-refractivity contribution in [3.05, 3.63) is 176 Å². The Balaban J connectivity index is 0.000000188. The minimum absolute atomic E-state index is 0. The SMILES string of the molecule is C.Cc1cc(F)cc(CCc2nc(-c3ccc4ncn(C)c(=O)c4c3)c(-c3ccn(C(C)C)n3)[nH]2)c1.Cc1cc(F)cc(CCc2nc(-c3ccc4ncn(C)c(=O)c4c3)c(-c3ccn(C(C)C)n3)[nH]2)c1. The summed E-state index contributed by atoms with van der Waals surface area (Å²) in [6.45, 7) is 12.1. The zero-order chi connectivity index (χ0) is 49.4. The average Bonchev–Trinajstić information content (AvgIpc) is 4.16. The lowest BCUT2D eigenvalue weighted by Gasteiger charge is -2.05. The van der Waals surface area contributed by atoms with Crippen molar-refractivity contribution < 1.29 is 8.78 Å². The van der Waals surface area contributed by atoms with Crippen LogP contribution in [0.25, 0.3) is 67.1 Å². The van der Waals surface area contributed by atoms with Gasteiger partial charge in [0.2, 0.25) is 0 Å². The van der Waals surface area contributed by atoms with Crippen LogP contribution in [0.5, 0.6) is 0 Å². The highest BCUT2D eigenvalue weighted by molar-refractivity contribution is 5.87. The van der Waals surface area contributed by atoms with Crippen LogP contribution in [0.2, 0.25) is 0 Å². The van der Waals surface area contributed by atoms with Gasteiger partial charge in [0.15, 0.2) is 0 Å². The summed E-state index contributed by atoms with van der Waals surface area (Å²) < 4.78 is 34.4. The lowest BCUT2D eigenvalue weighted by Crippen LogP contribution is -2.16. The number of H-pyrrole nitrogens is 2. The Morgan fingerprint density at radius 3 is 1.32 bits per heavy atom. The molecule has 2 N–H and O–H groups in total. The fourth-order valence-corrected chi connectivity index (χ4v) is 8.54. The number of aromatic nitrogens is 12. The van der Waals surface area contributed by atoms with Crippen molar-refractivity contribution in [2.24, 2.45) is 14.1 Å². The van der Waals surface area contributed by atoms with Crippen molar-refractivity contribution >= 4 is 21.8 Å². The average molecular weight is 957 g/mol. The number of aromatic amines is 2. The van der Waals surface area contributed by atoms with E-state index < -0.39 is 0 Å². The summed E-state index contributed by atoms with van der Waals surface area (Å²) in [5, 5.41) is 10.5. The van der Waals surface area contributed by atoms with Gasteiger partial charge >= 0.3 is 0 Å². The van der Waals surface area contributed by atoms with E-state index in [0.717, 1.165) is 79.2 Å². The normalized spacial score (nSPS) is 11.4. The van der Waals surface area contributed by atoms with Gasteiger partial charge in [-0.15, -0.1) is 0 Å². The molecule has 6 heterocycles. The van der Waals surface area contributed by atoms with Gasteiger partial charge < -0.3 is 19.1 Å². The molecule has 0 unspecified atom stereocenters. The summed E-state index contributed by atoms with van der Waals surface area (Å²) in [6.07, 6.45) is 9.44. The number of nitrogens with zero attached hydrogens (tertiary/aromatic N) is 10. The molecule has 6 aromatic heterocycles.